The zero-order valence-corrected chi connectivity index (χ0v) is 18.8. The monoisotopic (exact) mass is 526 g/mol. The number of primary amides is 1. The van der Waals surface area contributed by atoms with Gasteiger partial charge in [-0.25, -0.2) is 13.6 Å². The van der Waals surface area contributed by atoms with Crippen LogP contribution in [0.25, 0.3) is 10.9 Å². The standard InChI is InChI=1S/C23H19F5N4O5/c24-13-9-17(21(34)30-15-5-3-7-18(20(15)25)36-23(26,27)28)31(11-13)19(33)8-12-10-32(37-22(29)35)16-6-2-1-4-14(12)16/h1-7,10,13,17H,8-9,11H2,(H2,29,35)(H,30,34)/t13-,17+/m1/s1. The molecular formula is C23H19F5N4O5. The first-order valence-corrected chi connectivity index (χ1v) is 10.8. The minimum Gasteiger partial charge on any atom is -0.403 e. The van der Waals surface area contributed by atoms with Gasteiger partial charge < -0.3 is 25.5 Å². The second-order valence-corrected chi connectivity index (χ2v) is 8.13. The molecule has 0 aliphatic carbocycles. The number of aromatic nitrogens is 1. The molecule has 1 saturated heterocycles. The first kappa shape index (κ1) is 25.7. The molecule has 4 rings (SSSR count). The van der Waals surface area contributed by atoms with Crippen LogP contribution in [0.2, 0.25) is 0 Å². The van der Waals surface area contributed by atoms with E-state index in [1.54, 1.807) is 24.3 Å². The Hall–Kier alpha value is -4.36. The van der Waals surface area contributed by atoms with Gasteiger partial charge in [0.15, 0.2) is 11.6 Å². The summed E-state index contributed by atoms with van der Waals surface area (Å²) in [6.07, 6.45) is -7.17. The zero-order chi connectivity index (χ0) is 26.9. The molecule has 0 unspecified atom stereocenters. The van der Waals surface area contributed by atoms with Gasteiger partial charge in [0.25, 0.3) is 0 Å². The Morgan fingerprint density at radius 1 is 1.11 bits per heavy atom. The smallest absolute Gasteiger partial charge is 0.403 e. The van der Waals surface area contributed by atoms with Crippen molar-refractivity contribution in [3.8, 4) is 5.75 Å². The summed E-state index contributed by atoms with van der Waals surface area (Å²) in [5, 5.41) is 2.65. The molecule has 1 aromatic heterocycles. The van der Waals surface area contributed by atoms with E-state index in [-0.39, 0.29) is 6.42 Å². The number of nitrogens with zero attached hydrogens (tertiary/aromatic N) is 2. The number of likely N-dealkylation sites (tertiary alicyclic amines) is 1. The van der Waals surface area contributed by atoms with Crippen molar-refractivity contribution in [2.24, 2.45) is 5.73 Å². The number of anilines is 1. The number of halogens is 5. The molecule has 14 heteroatoms. The molecular weight excluding hydrogens is 507 g/mol. The highest BCUT2D eigenvalue weighted by atomic mass is 19.4. The number of alkyl halides is 4. The topological polar surface area (TPSA) is 116 Å². The van der Waals surface area contributed by atoms with Crippen LogP contribution in [0.3, 0.4) is 0 Å². The lowest BCUT2D eigenvalue weighted by Gasteiger charge is -2.24. The number of para-hydroxylation sites is 1. The lowest BCUT2D eigenvalue weighted by molar-refractivity contribution is -0.275. The van der Waals surface area contributed by atoms with Gasteiger partial charge in [0, 0.05) is 18.0 Å². The van der Waals surface area contributed by atoms with E-state index in [1.165, 1.54) is 6.20 Å². The summed E-state index contributed by atoms with van der Waals surface area (Å²) in [5.74, 6) is -4.29. The second kappa shape index (κ2) is 9.95. The van der Waals surface area contributed by atoms with Crippen LogP contribution >= 0.6 is 0 Å². The number of benzene rings is 2. The number of rotatable bonds is 6. The molecule has 3 N–H and O–H groups in total. The van der Waals surface area contributed by atoms with Crippen LogP contribution in [0.4, 0.5) is 32.4 Å². The van der Waals surface area contributed by atoms with Gasteiger partial charge in [0.05, 0.1) is 24.2 Å². The molecule has 1 aliphatic rings. The third kappa shape index (κ3) is 5.73. The summed E-state index contributed by atoms with van der Waals surface area (Å²) in [6, 6.07) is 8.00. The van der Waals surface area contributed by atoms with Crippen molar-refractivity contribution in [2.45, 2.75) is 31.4 Å². The largest absolute Gasteiger partial charge is 0.573 e. The van der Waals surface area contributed by atoms with Gasteiger partial charge in [-0.15, -0.1) is 13.2 Å². The number of hydrogen-bond acceptors (Lipinski definition) is 5. The number of amides is 3. The summed E-state index contributed by atoms with van der Waals surface area (Å²) in [6.45, 7) is -0.424. The lowest BCUT2D eigenvalue weighted by atomic mass is 10.1. The number of ether oxygens (including phenoxy) is 1. The Morgan fingerprint density at radius 2 is 1.84 bits per heavy atom. The quantitative estimate of drug-likeness (QED) is 0.479. The van der Waals surface area contributed by atoms with Crippen molar-refractivity contribution in [2.75, 3.05) is 11.9 Å². The van der Waals surface area contributed by atoms with E-state index in [0.29, 0.717) is 16.5 Å². The minimum absolute atomic E-state index is 0.310. The first-order chi connectivity index (χ1) is 17.4. The van der Waals surface area contributed by atoms with Gasteiger partial charge in [0.1, 0.15) is 12.2 Å². The number of nitrogens with two attached hydrogens (primary N) is 1. The molecule has 0 spiro atoms. The van der Waals surface area contributed by atoms with Crippen LogP contribution in [0.5, 0.6) is 5.75 Å². The molecule has 0 saturated carbocycles. The Kier molecular flexibility index (Phi) is 6.92. The van der Waals surface area contributed by atoms with Gasteiger partial charge in [0.2, 0.25) is 11.8 Å². The van der Waals surface area contributed by atoms with Crippen LogP contribution in [-0.2, 0) is 16.0 Å². The predicted octanol–water partition coefficient (Wildman–Crippen LogP) is 3.31. The third-order valence-electron chi connectivity index (χ3n) is 5.61. The summed E-state index contributed by atoms with van der Waals surface area (Å²) in [5.41, 5.74) is 5.27. The molecule has 3 amide bonds. The third-order valence-corrected chi connectivity index (χ3v) is 5.61. The van der Waals surface area contributed by atoms with Crippen molar-refractivity contribution in [1.29, 1.82) is 0 Å². The molecule has 37 heavy (non-hydrogen) atoms. The SMILES string of the molecule is NC(=O)On1cc(CC(=O)N2C[C@H](F)C[C@H]2C(=O)Nc2cccc(OC(F)(F)F)c2F)c2ccccc21. The molecule has 1 aliphatic heterocycles. The highest BCUT2D eigenvalue weighted by Crippen LogP contribution is 2.31. The second-order valence-electron chi connectivity index (χ2n) is 8.13. The average Bonchev–Trinajstić information content (AvgIpc) is 3.36. The number of carbonyl (C=O) groups is 3. The van der Waals surface area contributed by atoms with Gasteiger partial charge in [-0.05, 0) is 23.8 Å². The Bertz CT molecular complexity index is 1360. The molecule has 2 aromatic carbocycles. The first-order valence-electron chi connectivity index (χ1n) is 10.8. The van der Waals surface area contributed by atoms with Gasteiger partial charge in [-0.2, -0.15) is 4.73 Å². The van der Waals surface area contributed by atoms with Crippen molar-refractivity contribution in [1.82, 2.24) is 9.63 Å². The van der Waals surface area contributed by atoms with E-state index < -0.39 is 66.7 Å². The molecule has 196 valence electrons. The number of hydrogen-bond donors (Lipinski definition) is 2. The Labute approximate surface area is 205 Å². The normalized spacial score (nSPS) is 17.6. The van der Waals surface area contributed by atoms with Crippen molar-refractivity contribution >= 4 is 34.5 Å². The molecule has 3 aromatic rings. The molecule has 0 radical (unpaired) electrons. The van der Waals surface area contributed by atoms with Crippen molar-refractivity contribution in [3.63, 3.8) is 0 Å². The van der Waals surface area contributed by atoms with E-state index in [2.05, 4.69) is 10.1 Å². The number of carbonyl (C=O) groups excluding carboxylic acids is 3. The zero-order valence-electron chi connectivity index (χ0n) is 18.8. The maximum Gasteiger partial charge on any atom is 0.573 e. The summed E-state index contributed by atoms with van der Waals surface area (Å²) in [4.78, 5) is 43.0. The molecule has 1 fully saturated rings. The van der Waals surface area contributed by atoms with Crippen LogP contribution in [0.15, 0.2) is 48.7 Å². The maximum absolute atomic E-state index is 14.5. The van der Waals surface area contributed by atoms with E-state index in [4.69, 9.17) is 10.6 Å². The summed E-state index contributed by atoms with van der Waals surface area (Å²) < 4.78 is 70.9. The molecule has 9 nitrogen and oxygen atoms in total. The van der Waals surface area contributed by atoms with Gasteiger partial charge in [-0.1, -0.05) is 24.3 Å². The lowest BCUT2D eigenvalue weighted by Crippen LogP contribution is -2.44. The highest BCUT2D eigenvalue weighted by molar-refractivity contribution is 5.98. The van der Waals surface area contributed by atoms with Crippen LogP contribution in [-0.4, -0.2) is 52.7 Å². The van der Waals surface area contributed by atoms with E-state index in [1.807, 2.05) is 0 Å². The average molecular weight is 526 g/mol. The molecule has 0 bridgehead atoms. The highest BCUT2D eigenvalue weighted by Gasteiger charge is 2.40. The Balaban J connectivity index is 1.53. The molecule has 2 heterocycles. The fraction of sp³-hybridized carbons (Fsp3) is 0.261. The Morgan fingerprint density at radius 3 is 2.54 bits per heavy atom. The summed E-state index contributed by atoms with van der Waals surface area (Å²) in [7, 11) is 0. The van der Waals surface area contributed by atoms with Crippen LogP contribution < -0.4 is 20.6 Å². The van der Waals surface area contributed by atoms with E-state index in [0.717, 1.165) is 27.8 Å². The maximum atomic E-state index is 14.5. The van der Waals surface area contributed by atoms with Gasteiger partial charge in [-0.3, -0.25) is 9.59 Å². The predicted molar refractivity (Wildman–Crippen MR) is 119 cm³/mol. The van der Waals surface area contributed by atoms with Crippen molar-refractivity contribution < 1.29 is 45.9 Å². The fourth-order valence-electron chi connectivity index (χ4n) is 4.13. The van der Waals surface area contributed by atoms with Crippen LogP contribution in [0, 0.1) is 5.82 Å². The molecule has 2 atom stereocenters. The van der Waals surface area contributed by atoms with E-state index >= 15 is 0 Å². The number of nitrogens with one attached hydrogen (secondary N) is 1. The minimum atomic E-state index is -5.16. The van der Waals surface area contributed by atoms with E-state index in [9.17, 15) is 36.3 Å². The van der Waals surface area contributed by atoms with Crippen molar-refractivity contribution in [3.05, 3.63) is 60.0 Å². The number of fused-ring (bicyclic) bond motifs is 1. The van der Waals surface area contributed by atoms with Crippen LogP contribution in [0.1, 0.15) is 12.0 Å². The summed E-state index contributed by atoms with van der Waals surface area (Å²) >= 11 is 0. The van der Waals surface area contributed by atoms with Gasteiger partial charge >= 0.3 is 12.5 Å². The fourth-order valence-corrected chi connectivity index (χ4v) is 4.13.